The average molecular weight is 586 g/mol. The number of rotatable bonds is 13. The number of hydrogen-bond donors (Lipinski definition) is 2. The Morgan fingerprint density at radius 3 is 2.38 bits per heavy atom. The highest BCUT2D eigenvalue weighted by atomic mass is 35.5. The van der Waals surface area contributed by atoms with Crippen molar-refractivity contribution in [2.24, 2.45) is 0 Å². The number of nitrogens with one attached hydrogen (secondary N) is 1. The molecule has 0 aromatic heterocycles. The first kappa shape index (κ1) is 31.8. The molecule has 1 atom stereocenters. The fraction of sp³-hybridized carbons (Fsp3) is 0.406. The third-order valence-corrected chi connectivity index (χ3v) is 7.69. The van der Waals surface area contributed by atoms with E-state index in [0.29, 0.717) is 24.3 Å². The van der Waals surface area contributed by atoms with Crippen molar-refractivity contribution < 1.29 is 24.1 Å². The zero-order valence-corrected chi connectivity index (χ0v) is 25.5. The van der Waals surface area contributed by atoms with Crippen molar-refractivity contribution in [3.63, 3.8) is 0 Å². The number of ether oxygens (including phenoxy) is 3. The van der Waals surface area contributed by atoms with Crippen LogP contribution in [0.25, 0.3) is 11.1 Å². The predicted octanol–water partition coefficient (Wildman–Crippen LogP) is 8.13. The average Bonchev–Trinajstić information content (AvgIpc) is 2.91. The molecule has 216 valence electrons. The fourth-order valence-corrected chi connectivity index (χ4v) is 5.70. The van der Waals surface area contributed by atoms with E-state index in [9.17, 15) is 9.90 Å². The maximum absolute atomic E-state index is 12.5. The van der Waals surface area contributed by atoms with Crippen molar-refractivity contribution in [1.82, 2.24) is 5.32 Å². The van der Waals surface area contributed by atoms with Crippen LogP contribution in [0.1, 0.15) is 52.5 Å². The van der Waals surface area contributed by atoms with Gasteiger partial charge in [0.2, 0.25) is 0 Å². The zero-order chi connectivity index (χ0) is 29.2. The second-order valence-corrected chi connectivity index (χ2v) is 12.3. The summed E-state index contributed by atoms with van der Waals surface area (Å²) < 4.78 is 16.4. The molecule has 2 N–H and O–H groups in total. The van der Waals surface area contributed by atoms with Gasteiger partial charge in [0, 0.05) is 17.0 Å². The lowest BCUT2D eigenvalue weighted by atomic mass is 9.87. The molecule has 0 heterocycles. The SMILES string of the molecule is CCC[C@@](CO)(CCc1ccc(Sc2cc(-c3ccccc3)ccc2OCOC)cc1Cl)NC(=O)OC(C)(C)C. The second-order valence-electron chi connectivity index (χ2n) is 10.7. The molecule has 3 aromatic rings. The fourth-order valence-electron chi connectivity index (χ4n) is 4.38. The summed E-state index contributed by atoms with van der Waals surface area (Å²) >= 11 is 8.32. The van der Waals surface area contributed by atoms with Gasteiger partial charge in [0.05, 0.1) is 17.0 Å². The molecular formula is C32H40ClNO5S. The monoisotopic (exact) mass is 585 g/mol. The topological polar surface area (TPSA) is 77.0 Å². The van der Waals surface area contributed by atoms with Crippen LogP contribution >= 0.6 is 23.4 Å². The maximum atomic E-state index is 12.5. The minimum atomic E-state index is -0.792. The van der Waals surface area contributed by atoms with Crippen LogP contribution in [0, 0.1) is 0 Å². The van der Waals surface area contributed by atoms with E-state index in [0.717, 1.165) is 38.7 Å². The van der Waals surface area contributed by atoms with Gasteiger partial charge in [0.15, 0.2) is 6.79 Å². The van der Waals surface area contributed by atoms with Crippen molar-refractivity contribution in [3.8, 4) is 16.9 Å². The van der Waals surface area contributed by atoms with Crippen LogP contribution in [0.4, 0.5) is 4.79 Å². The molecule has 0 aliphatic rings. The third kappa shape index (κ3) is 9.44. The summed E-state index contributed by atoms with van der Waals surface area (Å²) in [5.74, 6) is 0.729. The summed E-state index contributed by atoms with van der Waals surface area (Å²) in [5.41, 5.74) is 1.74. The smallest absolute Gasteiger partial charge is 0.408 e. The molecule has 0 saturated carbocycles. The number of aliphatic hydroxyl groups is 1. The van der Waals surface area contributed by atoms with Gasteiger partial charge in [0.1, 0.15) is 11.4 Å². The Kier molecular flexibility index (Phi) is 11.8. The molecule has 3 rings (SSSR count). The molecule has 40 heavy (non-hydrogen) atoms. The van der Waals surface area contributed by atoms with E-state index in [1.54, 1.807) is 18.9 Å². The number of hydrogen-bond acceptors (Lipinski definition) is 6. The Morgan fingerprint density at radius 1 is 1.00 bits per heavy atom. The van der Waals surface area contributed by atoms with Gasteiger partial charge in [-0.25, -0.2) is 4.79 Å². The normalized spacial score (nSPS) is 13.0. The summed E-state index contributed by atoms with van der Waals surface area (Å²) in [4.78, 5) is 14.4. The van der Waals surface area contributed by atoms with E-state index in [1.165, 1.54) is 0 Å². The number of aliphatic hydroxyl groups excluding tert-OH is 1. The Hall–Kier alpha value is -2.71. The number of carbonyl (C=O) groups is 1. The first-order valence-corrected chi connectivity index (χ1v) is 14.7. The number of methoxy groups -OCH3 is 1. The van der Waals surface area contributed by atoms with Crippen molar-refractivity contribution in [3.05, 3.63) is 77.3 Å². The van der Waals surface area contributed by atoms with Gasteiger partial charge >= 0.3 is 6.09 Å². The minimum absolute atomic E-state index is 0.152. The largest absolute Gasteiger partial charge is 0.466 e. The van der Waals surface area contributed by atoms with Crippen LogP contribution in [0.5, 0.6) is 5.75 Å². The summed E-state index contributed by atoms with van der Waals surface area (Å²) in [6.07, 6.45) is 2.01. The van der Waals surface area contributed by atoms with E-state index in [1.807, 2.05) is 76.2 Å². The molecule has 0 spiro atoms. The van der Waals surface area contributed by atoms with Gasteiger partial charge in [-0.1, -0.05) is 79.2 Å². The quantitative estimate of drug-likeness (QED) is 0.197. The minimum Gasteiger partial charge on any atom is -0.466 e. The van der Waals surface area contributed by atoms with Crippen molar-refractivity contribution in [2.75, 3.05) is 20.5 Å². The highest BCUT2D eigenvalue weighted by Crippen LogP contribution is 2.39. The molecule has 6 nitrogen and oxygen atoms in total. The molecular weight excluding hydrogens is 546 g/mol. The van der Waals surface area contributed by atoms with E-state index in [2.05, 4.69) is 23.5 Å². The Bertz CT molecular complexity index is 1250. The van der Waals surface area contributed by atoms with Gasteiger partial charge in [-0.05, 0) is 81.0 Å². The van der Waals surface area contributed by atoms with Crippen molar-refractivity contribution in [2.45, 2.75) is 74.3 Å². The van der Waals surface area contributed by atoms with Gasteiger partial charge in [0.25, 0.3) is 0 Å². The van der Waals surface area contributed by atoms with Gasteiger partial charge < -0.3 is 24.6 Å². The van der Waals surface area contributed by atoms with Gasteiger partial charge in [-0.2, -0.15) is 0 Å². The summed E-state index contributed by atoms with van der Waals surface area (Å²) in [6, 6.07) is 22.3. The number of carbonyl (C=O) groups excluding carboxylic acids is 1. The number of amides is 1. The third-order valence-electron chi connectivity index (χ3n) is 6.31. The van der Waals surface area contributed by atoms with E-state index < -0.39 is 17.2 Å². The molecule has 0 fully saturated rings. The number of halogens is 1. The van der Waals surface area contributed by atoms with Gasteiger partial charge in [-0.3, -0.25) is 0 Å². The summed E-state index contributed by atoms with van der Waals surface area (Å²) in [5, 5.41) is 13.8. The Morgan fingerprint density at radius 2 is 1.75 bits per heavy atom. The lowest BCUT2D eigenvalue weighted by Crippen LogP contribution is -2.53. The van der Waals surface area contributed by atoms with Crippen molar-refractivity contribution in [1.29, 1.82) is 0 Å². The lowest BCUT2D eigenvalue weighted by Gasteiger charge is -2.34. The number of benzene rings is 3. The molecule has 8 heteroatoms. The molecule has 3 aromatic carbocycles. The first-order chi connectivity index (χ1) is 19.1. The molecule has 0 bridgehead atoms. The zero-order valence-electron chi connectivity index (χ0n) is 24.0. The molecule has 0 radical (unpaired) electrons. The second kappa shape index (κ2) is 14.8. The molecule has 1 amide bonds. The Labute approximate surface area is 247 Å². The highest BCUT2D eigenvalue weighted by Gasteiger charge is 2.32. The Balaban J connectivity index is 1.78. The lowest BCUT2D eigenvalue weighted by molar-refractivity contribution is 0.0373. The first-order valence-electron chi connectivity index (χ1n) is 13.5. The predicted molar refractivity (Wildman–Crippen MR) is 162 cm³/mol. The summed E-state index contributed by atoms with van der Waals surface area (Å²) in [7, 11) is 1.60. The molecule has 0 saturated heterocycles. The van der Waals surface area contributed by atoms with Crippen LogP contribution in [0.3, 0.4) is 0 Å². The van der Waals surface area contributed by atoms with Gasteiger partial charge in [-0.15, -0.1) is 0 Å². The van der Waals surface area contributed by atoms with E-state index in [-0.39, 0.29) is 13.4 Å². The van der Waals surface area contributed by atoms with Crippen molar-refractivity contribution >= 4 is 29.5 Å². The van der Waals surface area contributed by atoms with E-state index >= 15 is 0 Å². The van der Waals surface area contributed by atoms with E-state index in [4.69, 9.17) is 25.8 Å². The van der Waals surface area contributed by atoms with Crippen LogP contribution in [0.2, 0.25) is 5.02 Å². The highest BCUT2D eigenvalue weighted by molar-refractivity contribution is 7.99. The number of aryl methyl sites for hydroxylation is 1. The molecule has 0 aliphatic heterocycles. The molecule has 0 unspecified atom stereocenters. The van der Waals surface area contributed by atoms with Crippen LogP contribution in [-0.4, -0.2) is 42.8 Å². The standard InChI is InChI=1S/C32H40ClNO5S/c1-6-17-32(21-35,34-30(36)39-31(2,3)4)18-16-24-12-14-26(20-27(24)33)40-29-19-25(23-10-8-7-9-11-23)13-15-28(29)38-22-37-5/h7-15,19-20,35H,6,16-18,21-22H2,1-5H3,(H,34,36)/t32-/m0/s1. The van der Waals surface area contributed by atoms with Crippen LogP contribution in [0.15, 0.2) is 76.5 Å². The number of alkyl carbamates (subject to hydrolysis) is 1. The maximum Gasteiger partial charge on any atom is 0.408 e. The van der Waals surface area contributed by atoms with Crippen LogP contribution in [-0.2, 0) is 15.9 Å². The summed E-state index contributed by atoms with van der Waals surface area (Å²) in [6.45, 7) is 7.44. The molecule has 0 aliphatic carbocycles. The van der Waals surface area contributed by atoms with Crippen LogP contribution < -0.4 is 10.1 Å².